The monoisotopic (exact) mass is 1200 g/mol. The molecular weight excluding hydrogens is 1150 g/mol. The molecule has 0 radical (unpaired) electrons. The first-order valence-corrected chi connectivity index (χ1v) is 26.2. The summed E-state index contributed by atoms with van der Waals surface area (Å²) < 4.78 is 67.7. The number of nitrogens with zero attached hydrogens (tertiary/aromatic N) is 5. The van der Waals surface area contributed by atoms with E-state index in [9.17, 15) is 0 Å². The average Bonchev–Trinajstić information content (AvgIpc) is 2.25. The molecule has 6 nitrogen and oxygen atoms in total. The number of aromatic nitrogens is 5. The van der Waals surface area contributed by atoms with Crippen molar-refractivity contribution in [2.75, 3.05) is 0 Å². The molecule has 382 valence electrons. The Morgan fingerprint density at radius 1 is 0.506 bits per heavy atom. The molecule has 4 aromatic heterocycles. The molecule has 7 heteroatoms. The first-order chi connectivity index (χ1) is 40.6. The van der Waals surface area contributed by atoms with Crippen LogP contribution in [-0.2, 0) is 26.5 Å². The smallest absolute Gasteiger partial charge is 0.268 e. The number of hydrogen-bond donors (Lipinski definition) is 0. The summed E-state index contributed by atoms with van der Waals surface area (Å²) in [6.07, 6.45) is 5.78. The van der Waals surface area contributed by atoms with E-state index in [0.717, 1.165) is 105 Å². The van der Waals surface area contributed by atoms with E-state index >= 15 is 0 Å². The molecule has 0 fully saturated rings. The van der Waals surface area contributed by atoms with Crippen LogP contribution in [0.3, 0.4) is 0 Å². The molecule has 0 bridgehead atoms. The molecule has 79 heavy (non-hydrogen) atoms. The van der Waals surface area contributed by atoms with Gasteiger partial charge < -0.3 is 18.4 Å². The average molecular weight is 1200 g/mol. The summed E-state index contributed by atoms with van der Waals surface area (Å²) in [6.45, 7) is 1.39. The predicted octanol–water partition coefficient (Wildman–Crippen LogP) is 17.6. The molecule has 14 aromatic rings. The van der Waals surface area contributed by atoms with Gasteiger partial charge in [0.1, 0.15) is 5.82 Å². The maximum atomic E-state index is 8.71. The van der Waals surface area contributed by atoms with Crippen LogP contribution in [0.25, 0.3) is 122 Å². The van der Waals surface area contributed by atoms with Crippen LogP contribution >= 0.6 is 0 Å². The number of aryl methyl sites for hydroxylation is 2. The van der Waals surface area contributed by atoms with Crippen LogP contribution in [0.1, 0.15) is 45.7 Å². The van der Waals surface area contributed by atoms with Gasteiger partial charge in [0.15, 0.2) is 0 Å². The molecule has 5 heterocycles. The number of ether oxygens (including phenoxy) is 1. The van der Waals surface area contributed by atoms with E-state index in [1.54, 1.807) is 0 Å². The second-order valence-corrected chi connectivity index (χ2v) is 21.1. The molecule has 10 aromatic carbocycles. The summed E-state index contributed by atoms with van der Waals surface area (Å²) in [4.78, 5) is 4.89. The number of fused-ring (bicyclic) bond motifs is 13. The Bertz CT molecular complexity index is 4960. The minimum absolute atomic E-state index is 0. The maximum absolute atomic E-state index is 8.71. The van der Waals surface area contributed by atoms with Crippen LogP contribution in [0.2, 0.25) is 0 Å². The Morgan fingerprint density at radius 3 is 1.84 bits per heavy atom. The Morgan fingerprint density at radius 2 is 1.10 bits per heavy atom. The first kappa shape index (κ1) is 42.0. The normalized spacial score (nSPS) is 13.5. The van der Waals surface area contributed by atoms with Gasteiger partial charge in [-0.2, -0.15) is 18.2 Å². The van der Waals surface area contributed by atoms with Crippen molar-refractivity contribution in [1.29, 1.82) is 0 Å². The molecule has 0 N–H and O–H groups in total. The summed E-state index contributed by atoms with van der Waals surface area (Å²) in [5.41, 5.74) is 14.9. The Kier molecular flexibility index (Phi) is 9.86. The largest absolute Gasteiger partial charge is 0.510 e. The molecule has 0 saturated heterocycles. The van der Waals surface area contributed by atoms with Crippen LogP contribution < -0.4 is 9.30 Å². The van der Waals surface area contributed by atoms with Gasteiger partial charge in [0.25, 0.3) is 6.33 Å². The van der Waals surface area contributed by atoms with Crippen molar-refractivity contribution in [2.45, 2.75) is 39.9 Å². The third kappa shape index (κ3) is 7.64. The maximum Gasteiger partial charge on any atom is 0.268 e. The van der Waals surface area contributed by atoms with Crippen molar-refractivity contribution in [3.8, 4) is 78.9 Å². The van der Waals surface area contributed by atoms with Gasteiger partial charge in [-0.15, -0.1) is 29.7 Å². The van der Waals surface area contributed by atoms with E-state index < -0.39 is 13.7 Å². The van der Waals surface area contributed by atoms with Crippen LogP contribution in [0, 0.1) is 32.2 Å². The van der Waals surface area contributed by atoms with Crippen LogP contribution in [0.4, 0.5) is 0 Å². The van der Waals surface area contributed by atoms with Gasteiger partial charge in [0, 0.05) is 63.3 Å². The number of benzene rings is 10. The summed E-state index contributed by atoms with van der Waals surface area (Å²) in [7, 11) is 0. The van der Waals surface area contributed by atoms with Crippen LogP contribution in [-0.4, -0.2) is 18.7 Å². The van der Waals surface area contributed by atoms with E-state index in [1.807, 2.05) is 71.4 Å². The zero-order valence-corrected chi connectivity index (χ0v) is 45.5. The summed E-state index contributed by atoms with van der Waals surface area (Å²) >= 11 is 0. The van der Waals surface area contributed by atoms with Gasteiger partial charge in [0.05, 0.1) is 33.4 Å². The van der Waals surface area contributed by atoms with Crippen LogP contribution in [0.5, 0.6) is 11.5 Å². The summed E-state index contributed by atoms with van der Waals surface area (Å²) in [5, 5.41) is 4.30. The van der Waals surface area contributed by atoms with Gasteiger partial charge in [0.2, 0.25) is 0 Å². The van der Waals surface area contributed by atoms with Crippen molar-refractivity contribution in [2.24, 2.45) is 0 Å². The Labute approximate surface area is 481 Å². The van der Waals surface area contributed by atoms with Crippen molar-refractivity contribution in [1.82, 2.24) is 18.7 Å². The number of para-hydroxylation sites is 5. The number of hydrogen-bond acceptors (Lipinski definition) is 2. The van der Waals surface area contributed by atoms with E-state index in [1.165, 1.54) is 23.8 Å². The molecule has 0 amide bonds. The molecular formula is C72H51N5OPt-2. The molecule has 0 saturated carbocycles. The molecule has 0 atom stereocenters. The topological polar surface area (TPSA) is 40.8 Å². The summed E-state index contributed by atoms with van der Waals surface area (Å²) in [6, 6.07) is 78.0. The van der Waals surface area contributed by atoms with E-state index in [4.69, 9.17) is 17.9 Å². The van der Waals surface area contributed by atoms with Gasteiger partial charge in [-0.25, -0.2) is 4.98 Å². The number of imidazole rings is 1. The first-order valence-electron chi connectivity index (χ1n) is 29.2. The second-order valence-electron chi connectivity index (χ2n) is 21.1. The van der Waals surface area contributed by atoms with Crippen molar-refractivity contribution in [3.05, 3.63) is 254 Å². The van der Waals surface area contributed by atoms with Crippen molar-refractivity contribution in [3.63, 3.8) is 0 Å². The minimum Gasteiger partial charge on any atom is -0.510 e. The number of rotatable bonds is 6. The van der Waals surface area contributed by atoms with Gasteiger partial charge >= 0.3 is 0 Å². The molecule has 15 rings (SSSR count). The van der Waals surface area contributed by atoms with E-state index in [2.05, 4.69) is 186 Å². The predicted molar refractivity (Wildman–Crippen MR) is 318 cm³/mol. The summed E-state index contributed by atoms with van der Waals surface area (Å²) in [5.74, 6) is 1.79. The zero-order chi connectivity index (χ0) is 57.4. The fourth-order valence-corrected chi connectivity index (χ4v) is 12.0. The zero-order valence-electron chi connectivity index (χ0n) is 49.2. The minimum atomic E-state index is -2.61. The van der Waals surface area contributed by atoms with Crippen LogP contribution in [0.15, 0.2) is 219 Å². The Balaban J connectivity index is 0.00000640. The number of pyridine rings is 1. The molecule has 0 unspecified atom stereocenters. The Hall–Kier alpha value is -9.09. The van der Waals surface area contributed by atoms with Gasteiger partial charge in [-0.05, 0) is 134 Å². The molecule has 0 aliphatic carbocycles. The standard InChI is InChI=1S/C72H51N5O.Pt/c1-45-18-14-19-46(2)69(45)47-34-36-54-52-22-6-7-23-53(52)59-27-16-32-65-70(59)75(71-60(61(54)40-47)28-17-33-66(71)76-62-29-11-8-24-55(62)56-25-9-12-30-63(56)76)44-74(65)49-20-15-21-50(42-49)78-51-35-37-58-57-26-10-13-31-64(57)77(67(58)43-51)68-41-48(38-39-73-68)72(3,4)5;/h6-41H,1-5H3;/q-2;/i1D3,2D3;. The van der Waals surface area contributed by atoms with Gasteiger partial charge in [-0.3, -0.25) is 4.57 Å². The van der Waals surface area contributed by atoms with Crippen molar-refractivity contribution < 1.29 is 38.6 Å². The molecule has 1 aliphatic rings. The fraction of sp³-hybridized carbons (Fsp3) is 0.0833. The quantitative estimate of drug-likeness (QED) is 0.123. The van der Waals surface area contributed by atoms with E-state index in [0.29, 0.717) is 22.7 Å². The third-order valence-corrected chi connectivity index (χ3v) is 15.5. The van der Waals surface area contributed by atoms with Crippen molar-refractivity contribution >= 4 is 54.6 Å². The SMILES string of the molecule is [2H]C([2H])([2H])c1cccc(C([2H])([2H])[2H])c1-c1ccc2c(c1)-c1cccc(-n3c4ccccc4c4ccccc43)c1-[n+]1[c-]n(-c3[c-]c(Oc4[c-]c5c(cc4)c4ccccc4n5-c4cc(C(C)(C)C)ccn4)ccc3)c3cccc(c31)-c1ccccc1-2.[Pt]. The fourth-order valence-electron chi connectivity index (χ4n) is 12.0. The molecule has 1 aliphatic heterocycles. The molecule has 0 spiro atoms. The van der Waals surface area contributed by atoms with E-state index in [-0.39, 0.29) is 43.2 Å². The second kappa shape index (κ2) is 18.5. The van der Waals surface area contributed by atoms with Gasteiger partial charge in [-0.1, -0.05) is 166 Å². The third-order valence-electron chi connectivity index (χ3n) is 15.5.